The second kappa shape index (κ2) is 9.21. The molecule has 0 radical (unpaired) electrons. The Morgan fingerprint density at radius 3 is 2.59 bits per heavy atom. The molecule has 182 valence electrons. The molecule has 1 unspecified atom stereocenters. The molecule has 1 spiro atoms. The molecule has 2 heterocycles. The maximum absolute atomic E-state index is 14.5. The fourth-order valence-electron chi connectivity index (χ4n) is 6.08. The van der Waals surface area contributed by atoms with Crippen molar-refractivity contribution in [3.63, 3.8) is 0 Å². The molecular formula is C28H35FN2O3. The summed E-state index contributed by atoms with van der Waals surface area (Å²) >= 11 is 0. The third kappa shape index (κ3) is 4.40. The molecule has 1 aliphatic carbocycles. The first-order valence-electron chi connectivity index (χ1n) is 12.5. The summed E-state index contributed by atoms with van der Waals surface area (Å²) < 4.78 is 25.9. The van der Waals surface area contributed by atoms with E-state index in [-0.39, 0.29) is 28.8 Å². The van der Waals surface area contributed by atoms with Crippen LogP contribution in [0, 0.1) is 11.2 Å². The minimum atomic E-state index is -0.321. The van der Waals surface area contributed by atoms with Gasteiger partial charge in [0, 0.05) is 19.0 Å². The first-order chi connectivity index (χ1) is 16.4. The average Bonchev–Trinajstić information content (AvgIpc) is 2.84. The predicted molar refractivity (Wildman–Crippen MR) is 131 cm³/mol. The van der Waals surface area contributed by atoms with Crippen LogP contribution in [0.3, 0.4) is 0 Å². The monoisotopic (exact) mass is 466 g/mol. The Bertz CT molecular complexity index is 1050. The molecule has 1 atom stereocenters. The van der Waals surface area contributed by atoms with Gasteiger partial charge in [0.15, 0.2) is 0 Å². The zero-order valence-corrected chi connectivity index (χ0v) is 20.2. The lowest BCUT2D eigenvalue weighted by molar-refractivity contribution is -0.0569. The van der Waals surface area contributed by atoms with Gasteiger partial charge in [0.1, 0.15) is 17.2 Å². The van der Waals surface area contributed by atoms with Crippen LogP contribution in [0.5, 0.6) is 5.75 Å². The van der Waals surface area contributed by atoms with Crippen molar-refractivity contribution in [3.8, 4) is 16.9 Å². The third-order valence-electron chi connectivity index (χ3n) is 8.40. The van der Waals surface area contributed by atoms with Crippen LogP contribution in [0.2, 0.25) is 0 Å². The van der Waals surface area contributed by atoms with Gasteiger partial charge < -0.3 is 19.7 Å². The highest BCUT2D eigenvalue weighted by Crippen LogP contribution is 2.51. The lowest BCUT2D eigenvalue weighted by Gasteiger charge is -2.51. The summed E-state index contributed by atoms with van der Waals surface area (Å²) in [5, 5.41) is 3.50. The van der Waals surface area contributed by atoms with E-state index in [9.17, 15) is 9.18 Å². The Balaban J connectivity index is 1.52. The van der Waals surface area contributed by atoms with Crippen LogP contribution in [-0.4, -0.2) is 49.9 Å². The van der Waals surface area contributed by atoms with E-state index in [2.05, 4.69) is 5.32 Å². The number of carbonyl (C=O) groups excluding carboxylic acids is 1. The van der Waals surface area contributed by atoms with E-state index in [0.29, 0.717) is 13.1 Å². The normalized spacial score (nSPS) is 23.3. The summed E-state index contributed by atoms with van der Waals surface area (Å²) in [6.45, 7) is 5.27. The second-order valence-electron chi connectivity index (χ2n) is 10.5. The average molecular weight is 467 g/mol. The van der Waals surface area contributed by atoms with Gasteiger partial charge in [0.05, 0.1) is 7.11 Å². The van der Waals surface area contributed by atoms with Gasteiger partial charge in [-0.15, -0.1) is 0 Å². The molecule has 2 aromatic carbocycles. The second-order valence-corrected chi connectivity index (χ2v) is 10.5. The van der Waals surface area contributed by atoms with Gasteiger partial charge in [0.2, 0.25) is 0 Å². The maximum atomic E-state index is 14.5. The number of amides is 1. The summed E-state index contributed by atoms with van der Waals surface area (Å²) in [6, 6.07) is 12.9. The van der Waals surface area contributed by atoms with Crippen LogP contribution in [0.1, 0.15) is 56.9 Å². The Kier molecular flexibility index (Phi) is 6.28. The third-order valence-corrected chi connectivity index (χ3v) is 8.40. The van der Waals surface area contributed by atoms with E-state index < -0.39 is 0 Å². The van der Waals surface area contributed by atoms with Crippen LogP contribution < -0.4 is 10.1 Å². The molecule has 6 heteroatoms. The molecule has 2 aliphatic heterocycles. The summed E-state index contributed by atoms with van der Waals surface area (Å²) in [5.74, 6) is 0.588. The van der Waals surface area contributed by atoms with E-state index in [4.69, 9.17) is 9.47 Å². The molecule has 1 amide bonds. The molecule has 1 N–H and O–H groups in total. The lowest BCUT2D eigenvalue weighted by Crippen LogP contribution is -2.53. The Labute approximate surface area is 201 Å². The number of rotatable bonds is 4. The Morgan fingerprint density at radius 2 is 1.88 bits per heavy atom. The van der Waals surface area contributed by atoms with Crippen molar-refractivity contribution >= 4 is 6.09 Å². The van der Waals surface area contributed by atoms with E-state index >= 15 is 0 Å². The van der Waals surface area contributed by atoms with Crippen LogP contribution in [0.25, 0.3) is 11.1 Å². The van der Waals surface area contributed by atoms with E-state index in [1.54, 1.807) is 19.2 Å². The number of hydrogen-bond donors (Lipinski definition) is 1. The Morgan fingerprint density at radius 1 is 1.09 bits per heavy atom. The summed E-state index contributed by atoms with van der Waals surface area (Å²) in [7, 11) is 1.64. The molecule has 2 aromatic rings. The van der Waals surface area contributed by atoms with Gasteiger partial charge in [0.25, 0.3) is 0 Å². The molecule has 0 aromatic heterocycles. The number of nitrogens with zero attached hydrogens (tertiary/aromatic N) is 1. The van der Waals surface area contributed by atoms with Gasteiger partial charge in [-0.3, -0.25) is 0 Å². The highest BCUT2D eigenvalue weighted by Gasteiger charge is 2.47. The van der Waals surface area contributed by atoms with Gasteiger partial charge in [-0.25, -0.2) is 9.18 Å². The van der Waals surface area contributed by atoms with Crippen molar-refractivity contribution in [2.45, 2.75) is 57.0 Å². The Hall–Kier alpha value is -2.60. The number of ether oxygens (including phenoxy) is 2. The van der Waals surface area contributed by atoms with Gasteiger partial charge >= 0.3 is 6.09 Å². The SMILES string of the molecule is COc1cccc(-c2cc(F)ccc2C2CN(C(=O)OC3(C)CCC3)CCC23CCNCC3)c1. The number of likely N-dealkylation sites (tertiary alicyclic amines) is 1. The molecule has 3 aliphatic rings. The van der Waals surface area contributed by atoms with Crippen LogP contribution in [0.4, 0.5) is 9.18 Å². The quantitative estimate of drug-likeness (QED) is 0.624. The number of benzene rings is 2. The lowest BCUT2D eigenvalue weighted by atomic mass is 9.62. The summed E-state index contributed by atoms with van der Waals surface area (Å²) in [4.78, 5) is 15.1. The molecule has 5 nitrogen and oxygen atoms in total. The molecule has 1 saturated carbocycles. The fraction of sp³-hybridized carbons (Fsp3) is 0.536. The summed E-state index contributed by atoms with van der Waals surface area (Å²) in [5.41, 5.74) is 2.66. The molecule has 2 saturated heterocycles. The van der Waals surface area contributed by atoms with Crippen molar-refractivity contribution in [2.24, 2.45) is 5.41 Å². The molecule has 3 fully saturated rings. The van der Waals surface area contributed by atoms with E-state index in [1.165, 1.54) is 0 Å². The number of piperidine rings is 2. The minimum absolute atomic E-state index is 0.0772. The number of carbonyl (C=O) groups is 1. The topological polar surface area (TPSA) is 50.8 Å². The number of halogens is 1. The minimum Gasteiger partial charge on any atom is -0.497 e. The van der Waals surface area contributed by atoms with Crippen LogP contribution >= 0.6 is 0 Å². The molecule has 34 heavy (non-hydrogen) atoms. The molecule has 0 bridgehead atoms. The van der Waals surface area contributed by atoms with Crippen molar-refractivity contribution < 1.29 is 18.7 Å². The van der Waals surface area contributed by atoms with Crippen molar-refractivity contribution in [1.29, 1.82) is 0 Å². The maximum Gasteiger partial charge on any atom is 0.410 e. The highest BCUT2D eigenvalue weighted by atomic mass is 19.1. The number of nitrogens with one attached hydrogen (secondary N) is 1. The van der Waals surface area contributed by atoms with Crippen molar-refractivity contribution in [1.82, 2.24) is 10.2 Å². The zero-order valence-electron chi connectivity index (χ0n) is 20.2. The van der Waals surface area contributed by atoms with Crippen molar-refractivity contribution in [2.75, 3.05) is 33.3 Å². The van der Waals surface area contributed by atoms with Gasteiger partial charge in [-0.2, -0.15) is 0 Å². The standard InChI is InChI=1S/C28H35FN2O3/c1-27(9-4-10-27)34-26(32)31-16-13-28(11-14-30-15-12-28)25(19-31)23-8-7-21(29)18-24(23)20-5-3-6-22(17-20)33-2/h3,5-8,17-18,25,30H,4,9-16,19H2,1-2H3. The predicted octanol–water partition coefficient (Wildman–Crippen LogP) is 5.74. The highest BCUT2D eigenvalue weighted by molar-refractivity contribution is 5.71. The largest absolute Gasteiger partial charge is 0.497 e. The fourth-order valence-corrected chi connectivity index (χ4v) is 6.08. The molecular weight excluding hydrogens is 431 g/mol. The van der Waals surface area contributed by atoms with Gasteiger partial charge in [-0.1, -0.05) is 18.2 Å². The first-order valence-corrected chi connectivity index (χ1v) is 12.5. The van der Waals surface area contributed by atoms with Gasteiger partial charge in [-0.05, 0) is 105 Å². The van der Waals surface area contributed by atoms with E-state index in [1.807, 2.05) is 42.2 Å². The molecule has 5 rings (SSSR count). The smallest absolute Gasteiger partial charge is 0.410 e. The first kappa shape index (κ1) is 23.2. The number of hydrogen-bond acceptors (Lipinski definition) is 4. The van der Waals surface area contributed by atoms with Crippen LogP contribution in [-0.2, 0) is 4.74 Å². The summed E-state index contributed by atoms with van der Waals surface area (Å²) in [6.07, 6.45) is 5.80. The van der Waals surface area contributed by atoms with E-state index in [0.717, 1.165) is 74.1 Å². The number of methoxy groups -OCH3 is 1. The zero-order chi connectivity index (χ0) is 23.8. The van der Waals surface area contributed by atoms with Crippen molar-refractivity contribution in [3.05, 3.63) is 53.8 Å². The van der Waals surface area contributed by atoms with Crippen LogP contribution in [0.15, 0.2) is 42.5 Å².